The van der Waals surface area contributed by atoms with E-state index in [0.717, 1.165) is 5.56 Å². The van der Waals surface area contributed by atoms with Crippen LogP contribution in [-0.4, -0.2) is 43.9 Å². The molecule has 0 aliphatic carbocycles. The molecule has 1 aromatic rings. The van der Waals surface area contributed by atoms with Gasteiger partial charge in [0.1, 0.15) is 5.60 Å². The van der Waals surface area contributed by atoms with Crippen molar-refractivity contribution in [3.8, 4) is 0 Å². The number of ether oxygens (including phenoxy) is 1. The van der Waals surface area contributed by atoms with E-state index in [2.05, 4.69) is 0 Å². The molecule has 0 spiro atoms. The van der Waals surface area contributed by atoms with Crippen LogP contribution >= 0.6 is 10.7 Å². The first-order valence-electron chi connectivity index (χ1n) is 7.01. The highest BCUT2D eigenvalue weighted by atomic mass is 35.7. The van der Waals surface area contributed by atoms with Crippen LogP contribution in [0.3, 0.4) is 0 Å². The Hall–Kier alpha value is -1.27. The van der Waals surface area contributed by atoms with Gasteiger partial charge in [-0.25, -0.2) is 13.2 Å². The molecule has 0 aliphatic heterocycles. The van der Waals surface area contributed by atoms with Crippen molar-refractivity contribution >= 4 is 25.8 Å². The third-order valence-electron chi connectivity index (χ3n) is 2.77. The van der Waals surface area contributed by atoms with Crippen LogP contribution < -0.4 is 0 Å². The van der Waals surface area contributed by atoms with Crippen LogP contribution in [0.15, 0.2) is 30.3 Å². The summed E-state index contributed by atoms with van der Waals surface area (Å²) in [6, 6.07) is 9.64. The zero-order chi connectivity index (χ0) is 16.8. The molecule has 0 radical (unpaired) electrons. The zero-order valence-electron chi connectivity index (χ0n) is 13.1. The Morgan fingerprint density at radius 3 is 2.27 bits per heavy atom. The highest BCUT2D eigenvalue weighted by Crippen LogP contribution is 2.11. The summed E-state index contributed by atoms with van der Waals surface area (Å²) < 4.78 is 27.5. The summed E-state index contributed by atoms with van der Waals surface area (Å²) in [6.07, 6.45) is 0.0753. The van der Waals surface area contributed by atoms with E-state index in [-0.39, 0.29) is 12.3 Å². The summed E-state index contributed by atoms with van der Waals surface area (Å²) in [4.78, 5) is 13.5. The molecule has 7 heteroatoms. The summed E-state index contributed by atoms with van der Waals surface area (Å²) in [5.74, 6) is -0.303. The van der Waals surface area contributed by atoms with E-state index in [0.29, 0.717) is 13.0 Å². The Kier molecular flexibility index (Phi) is 6.68. The number of nitrogens with zero attached hydrogens (tertiary/aromatic N) is 1. The molecule has 1 amide bonds. The van der Waals surface area contributed by atoms with Gasteiger partial charge in [0.15, 0.2) is 0 Å². The fraction of sp³-hybridized carbons (Fsp3) is 0.533. The van der Waals surface area contributed by atoms with Crippen LogP contribution in [0.1, 0.15) is 26.3 Å². The van der Waals surface area contributed by atoms with Gasteiger partial charge >= 0.3 is 6.09 Å². The number of hydrogen-bond acceptors (Lipinski definition) is 4. The van der Waals surface area contributed by atoms with Gasteiger partial charge in [0.05, 0.1) is 5.75 Å². The molecule has 0 saturated heterocycles. The maximum absolute atomic E-state index is 12.2. The Balaban J connectivity index is 2.70. The molecular formula is C15H22ClNO4S. The average Bonchev–Trinajstić information content (AvgIpc) is 2.36. The molecule has 0 saturated carbocycles. The number of benzene rings is 1. The van der Waals surface area contributed by atoms with Crippen molar-refractivity contribution in [3.05, 3.63) is 35.9 Å². The molecule has 1 aromatic carbocycles. The summed E-state index contributed by atoms with van der Waals surface area (Å²) in [5.41, 5.74) is 0.423. The first kappa shape index (κ1) is 18.8. The molecule has 0 aromatic heterocycles. The molecule has 0 unspecified atom stereocenters. The molecular weight excluding hydrogens is 326 g/mol. The van der Waals surface area contributed by atoms with Gasteiger partial charge in [-0.1, -0.05) is 30.3 Å². The number of rotatable bonds is 6. The van der Waals surface area contributed by atoms with Crippen molar-refractivity contribution in [2.45, 2.75) is 32.8 Å². The molecule has 22 heavy (non-hydrogen) atoms. The second-order valence-corrected chi connectivity index (χ2v) is 8.84. The lowest BCUT2D eigenvalue weighted by molar-refractivity contribution is 0.0264. The van der Waals surface area contributed by atoms with Crippen molar-refractivity contribution in [1.29, 1.82) is 0 Å². The predicted molar refractivity (Wildman–Crippen MR) is 87.6 cm³/mol. The minimum absolute atomic E-state index is 0.00752. The molecule has 1 rings (SSSR count). The fourth-order valence-electron chi connectivity index (χ4n) is 1.75. The number of hydrogen-bond donors (Lipinski definition) is 0. The minimum Gasteiger partial charge on any atom is -0.444 e. The van der Waals surface area contributed by atoms with Gasteiger partial charge in [-0.3, -0.25) is 0 Å². The first-order valence-corrected chi connectivity index (χ1v) is 9.49. The maximum Gasteiger partial charge on any atom is 0.410 e. The average molecular weight is 348 g/mol. The summed E-state index contributed by atoms with van der Waals surface area (Å²) >= 11 is 0. The Labute approximate surface area is 136 Å². The number of carbonyl (C=O) groups excluding carboxylic acids is 1. The van der Waals surface area contributed by atoms with Crippen LogP contribution in [0, 0.1) is 0 Å². The van der Waals surface area contributed by atoms with Crippen LogP contribution in [0.25, 0.3) is 0 Å². The third kappa shape index (κ3) is 8.24. The number of carbonyl (C=O) groups is 1. The zero-order valence-corrected chi connectivity index (χ0v) is 14.7. The molecule has 0 atom stereocenters. The largest absolute Gasteiger partial charge is 0.444 e. The van der Waals surface area contributed by atoms with Crippen LogP contribution in [0.5, 0.6) is 0 Å². The minimum atomic E-state index is -3.66. The van der Waals surface area contributed by atoms with Crippen molar-refractivity contribution < 1.29 is 17.9 Å². The topological polar surface area (TPSA) is 63.7 Å². The van der Waals surface area contributed by atoms with Gasteiger partial charge in [-0.15, -0.1) is 0 Å². The van der Waals surface area contributed by atoms with Crippen molar-refractivity contribution in [2.24, 2.45) is 0 Å². The van der Waals surface area contributed by atoms with Gasteiger partial charge in [-0.2, -0.15) is 0 Å². The third-order valence-corrected chi connectivity index (χ3v) is 3.90. The van der Waals surface area contributed by atoms with E-state index in [4.69, 9.17) is 15.4 Å². The fourth-order valence-corrected chi connectivity index (χ4v) is 2.39. The van der Waals surface area contributed by atoms with E-state index in [1.54, 1.807) is 20.8 Å². The molecule has 0 aliphatic rings. The van der Waals surface area contributed by atoms with E-state index in [1.807, 2.05) is 30.3 Å². The summed E-state index contributed by atoms with van der Waals surface area (Å²) in [7, 11) is 1.57. The second kappa shape index (κ2) is 7.83. The van der Waals surface area contributed by atoms with Crippen LogP contribution in [0.4, 0.5) is 4.79 Å². The molecule has 0 N–H and O–H groups in total. The second-order valence-electron chi connectivity index (χ2n) is 5.95. The maximum atomic E-state index is 12.2. The standard InChI is InChI=1S/C15H22ClNO4S/c1-15(2,3)21-14(18)17(11-12-22(16,19)20)10-9-13-7-5-4-6-8-13/h4-8H,9-12H2,1-3H3. The lowest BCUT2D eigenvalue weighted by Gasteiger charge is -2.27. The van der Waals surface area contributed by atoms with Gasteiger partial charge in [0, 0.05) is 23.8 Å². The summed E-state index contributed by atoms with van der Waals surface area (Å²) in [6.45, 7) is 5.66. The number of halogens is 1. The Morgan fingerprint density at radius 1 is 1.18 bits per heavy atom. The monoisotopic (exact) mass is 347 g/mol. The SMILES string of the molecule is CC(C)(C)OC(=O)N(CCc1ccccc1)CCS(=O)(=O)Cl. The van der Waals surface area contributed by atoms with Crippen molar-refractivity contribution in [3.63, 3.8) is 0 Å². The van der Waals surface area contributed by atoms with E-state index in [1.165, 1.54) is 4.90 Å². The van der Waals surface area contributed by atoms with Gasteiger partial charge < -0.3 is 9.64 Å². The normalized spacial score (nSPS) is 12.0. The molecule has 0 bridgehead atoms. The lowest BCUT2D eigenvalue weighted by atomic mass is 10.1. The van der Waals surface area contributed by atoms with E-state index < -0.39 is 20.7 Å². The highest BCUT2D eigenvalue weighted by Gasteiger charge is 2.23. The molecule has 0 fully saturated rings. The van der Waals surface area contributed by atoms with Crippen molar-refractivity contribution in [2.75, 3.05) is 18.8 Å². The highest BCUT2D eigenvalue weighted by molar-refractivity contribution is 8.13. The molecule has 5 nitrogen and oxygen atoms in total. The Morgan fingerprint density at radius 2 is 1.77 bits per heavy atom. The molecule has 0 heterocycles. The van der Waals surface area contributed by atoms with Gasteiger partial charge in [0.25, 0.3) is 0 Å². The van der Waals surface area contributed by atoms with Crippen LogP contribution in [-0.2, 0) is 20.2 Å². The van der Waals surface area contributed by atoms with Gasteiger partial charge in [-0.05, 0) is 32.8 Å². The lowest BCUT2D eigenvalue weighted by Crippen LogP contribution is -2.40. The smallest absolute Gasteiger partial charge is 0.410 e. The quantitative estimate of drug-likeness (QED) is 0.742. The predicted octanol–water partition coefficient (Wildman–Crippen LogP) is 3.03. The Bertz CT molecular complexity index is 581. The van der Waals surface area contributed by atoms with Crippen LogP contribution in [0.2, 0.25) is 0 Å². The van der Waals surface area contributed by atoms with Crippen molar-refractivity contribution in [1.82, 2.24) is 4.90 Å². The first-order chi connectivity index (χ1) is 10.1. The summed E-state index contributed by atoms with van der Waals surface area (Å²) in [5, 5.41) is 0. The van der Waals surface area contributed by atoms with E-state index >= 15 is 0 Å². The molecule has 124 valence electrons. The van der Waals surface area contributed by atoms with Gasteiger partial charge in [0.2, 0.25) is 9.05 Å². The number of amides is 1. The van der Waals surface area contributed by atoms with E-state index in [9.17, 15) is 13.2 Å².